The SMILES string of the molecule is CC(C)(C)CC(C(=O)Nc1ccc(N)cc1)C(C)(C)C. The minimum Gasteiger partial charge on any atom is -0.399 e. The molecule has 1 aromatic rings. The molecule has 0 aromatic heterocycles. The number of hydrogen-bond donors (Lipinski definition) is 2. The monoisotopic (exact) mass is 276 g/mol. The zero-order chi connectivity index (χ0) is 15.6. The van der Waals surface area contributed by atoms with Gasteiger partial charge in [-0.25, -0.2) is 0 Å². The van der Waals surface area contributed by atoms with Gasteiger partial charge in [-0.2, -0.15) is 0 Å². The van der Waals surface area contributed by atoms with Crippen molar-refractivity contribution in [2.75, 3.05) is 11.1 Å². The van der Waals surface area contributed by atoms with Gasteiger partial charge in [0.1, 0.15) is 0 Å². The third-order valence-electron chi connectivity index (χ3n) is 3.36. The number of benzene rings is 1. The molecule has 0 aliphatic carbocycles. The molecule has 0 bridgehead atoms. The summed E-state index contributed by atoms with van der Waals surface area (Å²) >= 11 is 0. The lowest BCUT2D eigenvalue weighted by Crippen LogP contribution is -2.36. The van der Waals surface area contributed by atoms with Crippen molar-refractivity contribution in [3.05, 3.63) is 24.3 Å². The van der Waals surface area contributed by atoms with Crippen LogP contribution < -0.4 is 11.1 Å². The molecule has 1 aromatic carbocycles. The Morgan fingerprint density at radius 2 is 1.60 bits per heavy atom. The average Bonchev–Trinajstić information content (AvgIpc) is 2.26. The molecule has 20 heavy (non-hydrogen) atoms. The molecule has 0 aliphatic heterocycles. The number of carbonyl (C=O) groups excluding carboxylic acids is 1. The third kappa shape index (κ3) is 5.24. The smallest absolute Gasteiger partial charge is 0.228 e. The second-order valence-corrected chi connectivity index (χ2v) is 7.79. The zero-order valence-electron chi connectivity index (χ0n) is 13.6. The van der Waals surface area contributed by atoms with Gasteiger partial charge in [0.25, 0.3) is 0 Å². The van der Waals surface area contributed by atoms with E-state index in [0.29, 0.717) is 5.69 Å². The third-order valence-corrected chi connectivity index (χ3v) is 3.36. The molecule has 0 saturated heterocycles. The van der Waals surface area contributed by atoms with Crippen molar-refractivity contribution in [1.82, 2.24) is 0 Å². The molecule has 1 unspecified atom stereocenters. The van der Waals surface area contributed by atoms with Crippen LogP contribution in [-0.4, -0.2) is 5.91 Å². The molecular weight excluding hydrogens is 248 g/mol. The van der Waals surface area contributed by atoms with Crippen LogP contribution in [0.2, 0.25) is 0 Å². The van der Waals surface area contributed by atoms with Gasteiger partial charge in [-0.3, -0.25) is 4.79 Å². The summed E-state index contributed by atoms with van der Waals surface area (Å²) in [4.78, 5) is 12.6. The number of amides is 1. The Morgan fingerprint density at radius 3 is 2.00 bits per heavy atom. The van der Waals surface area contributed by atoms with E-state index in [9.17, 15) is 4.79 Å². The highest BCUT2D eigenvalue weighted by Gasteiger charge is 2.34. The van der Waals surface area contributed by atoms with Gasteiger partial charge < -0.3 is 11.1 Å². The molecule has 1 rings (SSSR count). The summed E-state index contributed by atoms with van der Waals surface area (Å²) in [7, 11) is 0. The highest BCUT2D eigenvalue weighted by atomic mass is 16.1. The summed E-state index contributed by atoms with van der Waals surface area (Å²) in [5.41, 5.74) is 7.21. The first-order valence-corrected chi connectivity index (χ1v) is 7.15. The molecule has 0 heterocycles. The van der Waals surface area contributed by atoms with Gasteiger partial charge in [0.2, 0.25) is 5.91 Å². The van der Waals surface area contributed by atoms with Gasteiger partial charge in [0.05, 0.1) is 0 Å². The van der Waals surface area contributed by atoms with E-state index in [1.165, 1.54) is 0 Å². The van der Waals surface area contributed by atoms with Gasteiger partial charge in [0, 0.05) is 17.3 Å². The number of nitrogen functional groups attached to an aromatic ring is 1. The fourth-order valence-electron chi connectivity index (χ4n) is 2.20. The van der Waals surface area contributed by atoms with Gasteiger partial charge in [-0.15, -0.1) is 0 Å². The van der Waals surface area contributed by atoms with Crippen LogP contribution in [-0.2, 0) is 4.79 Å². The molecule has 0 fully saturated rings. The highest BCUT2D eigenvalue weighted by molar-refractivity contribution is 5.93. The first-order valence-electron chi connectivity index (χ1n) is 7.15. The maximum atomic E-state index is 12.6. The minimum atomic E-state index is -0.0643. The number of rotatable bonds is 3. The van der Waals surface area contributed by atoms with E-state index >= 15 is 0 Å². The predicted molar refractivity (Wildman–Crippen MR) is 86.5 cm³/mol. The van der Waals surface area contributed by atoms with Crippen LogP contribution in [0.1, 0.15) is 48.0 Å². The Kier molecular flexibility index (Phi) is 4.85. The lowest BCUT2D eigenvalue weighted by molar-refractivity contribution is -0.124. The van der Waals surface area contributed by atoms with Gasteiger partial charge in [-0.05, 0) is 41.5 Å². The molecule has 0 spiro atoms. The van der Waals surface area contributed by atoms with Crippen molar-refractivity contribution in [3.8, 4) is 0 Å². The maximum Gasteiger partial charge on any atom is 0.228 e. The van der Waals surface area contributed by atoms with Gasteiger partial charge in [-0.1, -0.05) is 41.5 Å². The Balaban J connectivity index is 2.86. The second kappa shape index (κ2) is 5.86. The first-order chi connectivity index (χ1) is 8.99. The van der Waals surface area contributed by atoms with E-state index in [0.717, 1.165) is 12.1 Å². The Labute approximate surface area is 122 Å². The summed E-state index contributed by atoms with van der Waals surface area (Å²) in [6, 6.07) is 7.27. The van der Waals surface area contributed by atoms with E-state index in [1.54, 1.807) is 12.1 Å². The number of nitrogens with two attached hydrogens (primary N) is 1. The van der Waals surface area contributed by atoms with Gasteiger partial charge in [0.15, 0.2) is 0 Å². The summed E-state index contributed by atoms with van der Waals surface area (Å²) in [6.45, 7) is 12.9. The molecule has 0 aliphatic rings. The molecular formula is C17H28N2O. The van der Waals surface area contributed by atoms with E-state index in [-0.39, 0.29) is 22.7 Å². The average molecular weight is 276 g/mol. The fraction of sp³-hybridized carbons (Fsp3) is 0.588. The number of hydrogen-bond acceptors (Lipinski definition) is 2. The molecule has 1 amide bonds. The largest absolute Gasteiger partial charge is 0.399 e. The summed E-state index contributed by atoms with van der Waals surface area (Å²) in [5.74, 6) is 0.0530. The van der Waals surface area contributed by atoms with Crippen LogP contribution in [0.4, 0.5) is 11.4 Å². The van der Waals surface area contributed by atoms with Crippen LogP contribution in [0.3, 0.4) is 0 Å². The van der Waals surface area contributed by atoms with E-state index in [4.69, 9.17) is 5.73 Å². The predicted octanol–water partition coefficient (Wildman–Crippen LogP) is 4.31. The van der Waals surface area contributed by atoms with Crippen LogP contribution in [0, 0.1) is 16.7 Å². The number of carbonyl (C=O) groups is 1. The van der Waals surface area contributed by atoms with Crippen molar-refractivity contribution in [3.63, 3.8) is 0 Å². The van der Waals surface area contributed by atoms with Crippen molar-refractivity contribution in [2.45, 2.75) is 48.0 Å². The standard InChI is InChI=1S/C17H28N2O/c1-16(2,3)11-14(17(4,5)6)15(20)19-13-9-7-12(18)8-10-13/h7-10,14H,11,18H2,1-6H3,(H,19,20). The molecule has 0 saturated carbocycles. The van der Waals surface area contributed by atoms with E-state index in [1.807, 2.05) is 12.1 Å². The Hall–Kier alpha value is -1.51. The quantitative estimate of drug-likeness (QED) is 0.808. The van der Waals surface area contributed by atoms with E-state index in [2.05, 4.69) is 46.9 Å². The first kappa shape index (κ1) is 16.5. The fourth-order valence-corrected chi connectivity index (χ4v) is 2.20. The Bertz CT molecular complexity index is 449. The molecule has 1 atom stereocenters. The zero-order valence-corrected chi connectivity index (χ0v) is 13.6. The number of anilines is 2. The normalized spacial score (nSPS) is 13.9. The van der Waals surface area contributed by atoms with Crippen LogP contribution in [0.5, 0.6) is 0 Å². The van der Waals surface area contributed by atoms with Gasteiger partial charge >= 0.3 is 0 Å². The molecule has 3 nitrogen and oxygen atoms in total. The molecule has 3 heteroatoms. The summed E-state index contributed by atoms with van der Waals surface area (Å²) < 4.78 is 0. The molecule has 3 N–H and O–H groups in total. The van der Waals surface area contributed by atoms with Crippen molar-refractivity contribution >= 4 is 17.3 Å². The van der Waals surface area contributed by atoms with Crippen LogP contribution >= 0.6 is 0 Å². The highest BCUT2D eigenvalue weighted by Crippen LogP contribution is 2.36. The van der Waals surface area contributed by atoms with Crippen molar-refractivity contribution < 1.29 is 4.79 Å². The summed E-state index contributed by atoms with van der Waals surface area (Å²) in [5, 5.41) is 3.00. The second-order valence-electron chi connectivity index (χ2n) is 7.79. The number of nitrogens with one attached hydrogen (secondary N) is 1. The molecule has 112 valence electrons. The van der Waals surface area contributed by atoms with Crippen molar-refractivity contribution in [1.29, 1.82) is 0 Å². The molecule has 0 radical (unpaired) electrons. The van der Waals surface area contributed by atoms with Crippen LogP contribution in [0.15, 0.2) is 24.3 Å². The lowest BCUT2D eigenvalue weighted by atomic mass is 9.71. The van der Waals surface area contributed by atoms with Crippen LogP contribution in [0.25, 0.3) is 0 Å². The lowest BCUT2D eigenvalue weighted by Gasteiger charge is -2.34. The topological polar surface area (TPSA) is 55.1 Å². The Morgan fingerprint density at radius 1 is 1.10 bits per heavy atom. The van der Waals surface area contributed by atoms with Crippen molar-refractivity contribution in [2.24, 2.45) is 16.7 Å². The minimum absolute atomic E-state index is 0.0277. The maximum absolute atomic E-state index is 12.6. The van der Waals surface area contributed by atoms with E-state index < -0.39 is 0 Å². The summed E-state index contributed by atoms with van der Waals surface area (Å²) in [6.07, 6.45) is 0.858.